The molecule has 124 valence electrons. The van der Waals surface area contributed by atoms with E-state index in [4.69, 9.17) is 4.98 Å². The lowest BCUT2D eigenvalue weighted by Gasteiger charge is -2.29. The lowest BCUT2D eigenvalue weighted by atomic mass is 10.1. The first kappa shape index (κ1) is 15.2. The third-order valence-corrected chi connectivity index (χ3v) is 5.93. The first-order valence-corrected chi connectivity index (χ1v) is 9.83. The van der Waals surface area contributed by atoms with E-state index in [9.17, 15) is 4.79 Å². The highest BCUT2D eigenvalue weighted by molar-refractivity contribution is 7.99. The topological polar surface area (TPSA) is 49.3 Å². The van der Waals surface area contributed by atoms with Gasteiger partial charge in [-0.25, -0.2) is 9.97 Å². The van der Waals surface area contributed by atoms with Crippen LogP contribution in [0, 0.1) is 12.8 Å². The molecule has 1 amide bonds. The van der Waals surface area contributed by atoms with Crippen LogP contribution in [0.25, 0.3) is 0 Å². The number of aryl methyl sites for hydroxylation is 1. The average molecular weight is 332 g/mol. The van der Waals surface area contributed by atoms with E-state index in [0.717, 1.165) is 61.4 Å². The van der Waals surface area contributed by atoms with Crippen LogP contribution in [-0.2, 0) is 4.79 Å². The zero-order valence-electron chi connectivity index (χ0n) is 13.7. The number of rotatable bonds is 3. The van der Waals surface area contributed by atoms with Gasteiger partial charge in [0.15, 0.2) is 0 Å². The van der Waals surface area contributed by atoms with Crippen molar-refractivity contribution in [1.29, 1.82) is 0 Å². The molecule has 6 heteroatoms. The molecule has 1 aromatic heterocycles. The Hall–Kier alpha value is -1.30. The first-order valence-electron chi connectivity index (χ1n) is 8.68. The Balaban J connectivity index is 1.44. The Morgan fingerprint density at radius 1 is 1.17 bits per heavy atom. The molecule has 23 heavy (non-hydrogen) atoms. The van der Waals surface area contributed by atoms with Crippen LogP contribution >= 0.6 is 11.8 Å². The minimum atomic E-state index is 0.137. The molecule has 1 aliphatic carbocycles. The SMILES string of the molecule is Cc1cc(N2CCC(C(=O)N3CCSCC3)C2)nc(C2CC2)n1. The molecule has 1 atom stereocenters. The molecule has 4 rings (SSSR count). The van der Waals surface area contributed by atoms with E-state index in [1.165, 1.54) is 12.8 Å². The van der Waals surface area contributed by atoms with Gasteiger partial charge < -0.3 is 9.80 Å². The average Bonchev–Trinajstić information content (AvgIpc) is 3.31. The van der Waals surface area contributed by atoms with Crippen molar-refractivity contribution < 1.29 is 4.79 Å². The van der Waals surface area contributed by atoms with Crippen molar-refractivity contribution in [3.05, 3.63) is 17.6 Å². The maximum absolute atomic E-state index is 12.7. The van der Waals surface area contributed by atoms with Crippen molar-refractivity contribution in [2.24, 2.45) is 5.92 Å². The van der Waals surface area contributed by atoms with Crippen LogP contribution in [0.2, 0.25) is 0 Å². The van der Waals surface area contributed by atoms with E-state index < -0.39 is 0 Å². The highest BCUT2D eigenvalue weighted by atomic mass is 32.2. The molecule has 0 aromatic carbocycles. The van der Waals surface area contributed by atoms with Crippen molar-refractivity contribution in [3.8, 4) is 0 Å². The van der Waals surface area contributed by atoms with Crippen LogP contribution in [0.1, 0.15) is 36.7 Å². The van der Waals surface area contributed by atoms with E-state index >= 15 is 0 Å². The number of amides is 1. The Kier molecular flexibility index (Phi) is 4.18. The van der Waals surface area contributed by atoms with Gasteiger partial charge in [-0.3, -0.25) is 4.79 Å². The molecular weight excluding hydrogens is 308 g/mol. The Morgan fingerprint density at radius 2 is 1.96 bits per heavy atom. The molecular formula is C17H24N4OS. The van der Waals surface area contributed by atoms with Gasteiger partial charge in [0.25, 0.3) is 0 Å². The molecule has 5 nitrogen and oxygen atoms in total. The molecule has 2 aliphatic heterocycles. The second-order valence-corrected chi connectivity index (χ2v) is 8.09. The summed E-state index contributed by atoms with van der Waals surface area (Å²) in [5.41, 5.74) is 1.04. The van der Waals surface area contributed by atoms with Gasteiger partial charge in [-0.1, -0.05) is 0 Å². The van der Waals surface area contributed by atoms with Crippen LogP contribution in [0.4, 0.5) is 5.82 Å². The van der Waals surface area contributed by atoms with E-state index in [1.807, 2.05) is 18.7 Å². The predicted molar refractivity (Wildman–Crippen MR) is 93.0 cm³/mol. The fourth-order valence-electron chi connectivity index (χ4n) is 3.47. The van der Waals surface area contributed by atoms with Gasteiger partial charge in [-0.05, 0) is 26.2 Å². The quantitative estimate of drug-likeness (QED) is 0.848. The number of carbonyl (C=O) groups excluding carboxylic acids is 1. The minimum absolute atomic E-state index is 0.137. The Bertz CT molecular complexity index is 598. The molecule has 1 aromatic rings. The van der Waals surface area contributed by atoms with Gasteiger partial charge in [0.05, 0.1) is 5.92 Å². The lowest BCUT2D eigenvalue weighted by molar-refractivity contribution is -0.134. The van der Waals surface area contributed by atoms with Gasteiger partial charge in [0.1, 0.15) is 11.6 Å². The summed E-state index contributed by atoms with van der Waals surface area (Å²) >= 11 is 1.95. The van der Waals surface area contributed by atoms with Gasteiger partial charge in [0, 0.05) is 55.4 Å². The van der Waals surface area contributed by atoms with Crippen LogP contribution in [0.15, 0.2) is 6.07 Å². The number of nitrogens with zero attached hydrogens (tertiary/aromatic N) is 4. The Morgan fingerprint density at radius 3 is 2.70 bits per heavy atom. The summed E-state index contributed by atoms with van der Waals surface area (Å²) in [7, 11) is 0. The smallest absolute Gasteiger partial charge is 0.227 e. The second kappa shape index (κ2) is 6.30. The van der Waals surface area contributed by atoms with Crippen molar-refractivity contribution >= 4 is 23.5 Å². The standard InChI is InChI=1S/C17H24N4OS/c1-12-10-15(19-16(18-12)13-2-3-13)21-5-4-14(11-21)17(22)20-6-8-23-9-7-20/h10,13-14H,2-9,11H2,1H3. The zero-order chi connectivity index (χ0) is 15.8. The fourth-order valence-corrected chi connectivity index (χ4v) is 4.38. The summed E-state index contributed by atoms with van der Waals surface area (Å²) in [6, 6.07) is 2.07. The zero-order valence-corrected chi connectivity index (χ0v) is 14.5. The molecule has 0 bridgehead atoms. The van der Waals surface area contributed by atoms with E-state index in [2.05, 4.69) is 20.9 Å². The van der Waals surface area contributed by atoms with Gasteiger partial charge in [-0.2, -0.15) is 11.8 Å². The van der Waals surface area contributed by atoms with Crippen LogP contribution in [-0.4, -0.2) is 58.5 Å². The molecule has 0 radical (unpaired) electrons. The van der Waals surface area contributed by atoms with Crippen molar-refractivity contribution in [3.63, 3.8) is 0 Å². The van der Waals surface area contributed by atoms with Crippen LogP contribution in [0.5, 0.6) is 0 Å². The molecule has 2 saturated heterocycles. The lowest BCUT2D eigenvalue weighted by Crippen LogP contribution is -2.42. The fraction of sp³-hybridized carbons (Fsp3) is 0.706. The van der Waals surface area contributed by atoms with Crippen molar-refractivity contribution in [1.82, 2.24) is 14.9 Å². The van der Waals surface area contributed by atoms with Crippen LogP contribution in [0.3, 0.4) is 0 Å². The molecule has 0 N–H and O–H groups in total. The number of anilines is 1. The van der Waals surface area contributed by atoms with Gasteiger partial charge >= 0.3 is 0 Å². The summed E-state index contributed by atoms with van der Waals surface area (Å²) in [6.07, 6.45) is 3.39. The second-order valence-electron chi connectivity index (χ2n) is 6.87. The maximum Gasteiger partial charge on any atom is 0.227 e. The van der Waals surface area contributed by atoms with E-state index in [0.29, 0.717) is 11.8 Å². The number of aromatic nitrogens is 2. The summed E-state index contributed by atoms with van der Waals surface area (Å²) in [4.78, 5) is 26.4. The molecule has 1 unspecified atom stereocenters. The highest BCUT2D eigenvalue weighted by Gasteiger charge is 2.33. The Labute approximate surface area is 141 Å². The van der Waals surface area contributed by atoms with Crippen molar-refractivity contribution in [2.75, 3.05) is 42.6 Å². The first-order chi connectivity index (χ1) is 11.2. The summed E-state index contributed by atoms with van der Waals surface area (Å²) in [5.74, 6) is 5.24. The van der Waals surface area contributed by atoms with Gasteiger partial charge in [0.2, 0.25) is 5.91 Å². The number of thioether (sulfide) groups is 1. The van der Waals surface area contributed by atoms with Crippen molar-refractivity contribution in [2.45, 2.75) is 32.1 Å². The van der Waals surface area contributed by atoms with Gasteiger partial charge in [-0.15, -0.1) is 0 Å². The minimum Gasteiger partial charge on any atom is -0.356 e. The van der Waals surface area contributed by atoms with Crippen LogP contribution < -0.4 is 4.90 Å². The number of hydrogen-bond acceptors (Lipinski definition) is 5. The summed E-state index contributed by atoms with van der Waals surface area (Å²) < 4.78 is 0. The monoisotopic (exact) mass is 332 g/mol. The third kappa shape index (κ3) is 3.32. The molecule has 3 aliphatic rings. The number of hydrogen-bond donors (Lipinski definition) is 0. The summed E-state index contributed by atoms with van der Waals surface area (Å²) in [5, 5.41) is 0. The third-order valence-electron chi connectivity index (χ3n) is 4.98. The van der Waals surface area contributed by atoms with E-state index in [1.54, 1.807) is 0 Å². The number of carbonyl (C=O) groups is 1. The molecule has 3 fully saturated rings. The predicted octanol–water partition coefficient (Wildman–Crippen LogP) is 2.06. The molecule has 1 saturated carbocycles. The molecule has 0 spiro atoms. The normalized spacial score (nSPS) is 25.0. The van der Waals surface area contributed by atoms with E-state index in [-0.39, 0.29) is 5.92 Å². The molecule has 3 heterocycles. The summed E-state index contributed by atoms with van der Waals surface area (Å²) in [6.45, 7) is 5.61. The largest absolute Gasteiger partial charge is 0.356 e. The highest BCUT2D eigenvalue weighted by Crippen LogP contribution is 2.39. The maximum atomic E-state index is 12.7.